The number of para-hydroxylation sites is 2. The summed E-state index contributed by atoms with van der Waals surface area (Å²) in [6, 6.07) is 17.1. The van der Waals surface area contributed by atoms with Crippen molar-refractivity contribution >= 4 is 23.8 Å². The van der Waals surface area contributed by atoms with Gasteiger partial charge in [0.2, 0.25) is 0 Å². The molecular formula is C22H16FN3O6. The van der Waals surface area contributed by atoms with Crippen molar-refractivity contribution in [2.24, 2.45) is 5.10 Å². The lowest BCUT2D eigenvalue weighted by Crippen LogP contribution is -2.24. The van der Waals surface area contributed by atoms with Gasteiger partial charge in [-0.3, -0.25) is 14.9 Å². The van der Waals surface area contributed by atoms with Gasteiger partial charge in [0.25, 0.3) is 5.91 Å². The number of rotatable bonds is 8. The summed E-state index contributed by atoms with van der Waals surface area (Å²) in [7, 11) is 0. The lowest BCUT2D eigenvalue weighted by Gasteiger charge is -2.06. The monoisotopic (exact) mass is 437 g/mol. The largest absolute Gasteiger partial charge is 0.477 e. The average molecular weight is 437 g/mol. The molecule has 1 N–H and O–H groups in total. The van der Waals surface area contributed by atoms with Crippen LogP contribution in [-0.2, 0) is 4.79 Å². The van der Waals surface area contributed by atoms with Gasteiger partial charge in [-0.25, -0.2) is 14.6 Å². The van der Waals surface area contributed by atoms with E-state index in [1.165, 1.54) is 54.7 Å². The Hall–Kier alpha value is -4.60. The summed E-state index contributed by atoms with van der Waals surface area (Å²) in [4.78, 5) is 34.3. The van der Waals surface area contributed by atoms with Crippen LogP contribution in [0.4, 0.5) is 10.1 Å². The minimum Gasteiger partial charge on any atom is -0.477 e. The summed E-state index contributed by atoms with van der Waals surface area (Å²) in [5.41, 5.74) is 2.55. The number of hydrogen-bond donors (Lipinski definition) is 1. The molecule has 0 unspecified atom stereocenters. The van der Waals surface area contributed by atoms with Gasteiger partial charge in [0.05, 0.1) is 16.7 Å². The molecule has 1 amide bonds. The highest BCUT2D eigenvalue weighted by molar-refractivity contribution is 5.91. The summed E-state index contributed by atoms with van der Waals surface area (Å²) < 4.78 is 23.6. The second-order valence-electron chi connectivity index (χ2n) is 6.28. The number of nitro benzene ring substituents is 1. The molecule has 0 atom stereocenters. The summed E-state index contributed by atoms with van der Waals surface area (Å²) in [6.07, 6.45) is 1.31. The van der Waals surface area contributed by atoms with Gasteiger partial charge in [0, 0.05) is 6.07 Å². The number of ether oxygens (including phenoxy) is 2. The number of carbonyl (C=O) groups is 2. The van der Waals surface area contributed by atoms with E-state index < -0.39 is 29.2 Å². The quantitative estimate of drug-likeness (QED) is 0.189. The normalized spacial score (nSPS) is 10.5. The van der Waals surface area contributed by atoms with Gasteiger partial charge in [-0.05, 0) is 42.0 Å². The highest BCUT2D eigenvalue weighted by Gasteiger charge is 2.14. The van der Waals surface area contributed by atoms with Gasteiger partial charge in [0.15, 0.2) is 12.4 Å². The molecule has 32 heavy (non-hydrogen) atoms. The molecule has 0 bridgehead atoms. The van der Waals surface area contributed by atoms with Crippen LogP contribution in [0.5, 0.6) is 11.5 Å². The zero-order chi connectivity index (χ0) is 22.9. The van der Waals surface area contributed by atoms with Gasteiger partial charge in [0.1, 0.15) is 11.6 Å². The molecule has 10 heteroatoms. The Morgan fingerprint density at radius 3 is 2.62 bits per heavy atom. The molecule has 0 fully saturated rings. The van der Waals surface area contributed by atoms with Crippen molar-refractivity contribution in [2.75, 3.05) is 6.61 Å². The number of halogens is 1. The first kappa shape index (κ1) is 22.1. The Bertz CT molecular complexity index is 1180. The van der Waals surface area contributed by atoms with Crippen molar-refractivity contribution in [1.29, 1.82) is 0 Å². The zero-order valence-corrected chi connectivity index (χ0v) is 16.4. The van der Waals surface area contributed by atoms with E-state index in [9.17, 15) is 24.1 Å². The molecule has 162 valence electrons. The van der Waals surface area contributed by atoms with E-state index in [1.807, 2.05) is 0 Å². The number of amides is 1. The second-order valence-corrected chi connectivity index (χ2v) is 6.28. The lowest BCUT2D eigenvalue weighted by atomic mass is 10.2. The fourth-order valence-electron chi connectivity index (χ4n) is 2.52. The Kier molecular flexibility index (Phi) is 7.20. The van der Waals surface area contributed by atoms with Crippen LogP contribution in [-0.4, -0.2) is 29.6 Å². The molecule has 0 saturated heterocycles. The minimum atomic E-state index is -0.723. The molecule has 0 spiro atoms. The van der Waals surface area contributed by atoms with E-state index in [2.05, 4.69) is 10.5 Å². The van der Waals surface area contributed by atoms with Crippen LogP contribution >= 0.6 is 0 Å². The molecule has 3 rings (SSSR count). The first-order valence-corrected chi connectivity index (χ1v) is 9.18. The number of nitrogens with one attached hydrogen (secondary N) is 1. The van der Waals surface area contributed by atoms with Crippen molar-refractivity contribution in [2.45, 2.75) is 0 Å². The fourth-order valence-corrected chi connectivity index (χ4v) is 2.52. The predicted molar refractivity (Wildman–Crippen MR) is 112 cm³/mol. The number of carbonyl (C=O) groups excluding carboxylic acids is 2. The topological polar surface area (TPSA) is 120 Å². The fraction of sp³-hybridized carbons (Fsp3) is 0.0455. The third-order valence-electron chi connectivity index (χ3n) is 3.95. The van der Waals surface area contributed by atoms with Crippen LogP contribution in [0, 0.1) is 15.9 Å². The molecule has 9 nitrogen and oxygen atoms in total. The third kappa shape index (κ3) is 6.20. The molecular weight excluding hydrogens is 421 g/mol. The van der Waals surface area contributed by atoms with Crippen LogP contribution < -0.4 is 14.9 Å². The van der Waals surface area contributed by atoms with E-state index in [0.29, 0.717) is 5.56 Å². The van der Waals surface area contributed by atoms with Gasteiger partial charge in [-0.1, -0.05) is 30.3 Å². The van der Waals surface area contributed by atoms with E-state index in [0.717, 1.165) is 6.07 Å². The van der Waals surface area contributed by atoms with Crippen molar-refractivity contribution in [1.82, 2.24) is 5.43 Å². The first-order valence-electron chi connectivity index (χ1n) is 9.18. The Labute approximate surface area is 181 Å². The minimum absolute atomic E-state index is 0.0376. The van der Waals surface area contributed by atoms with Crippen LogP contribution in [0.2, 0.25) is 0 Å². The van der Waals surface area contributed by atoms with Gasteiger partial charge >= 0.3 is 11.7 Å². The second kappa shape index (κ2) is 10.4. The van der Waals surface area contributed by atoms with E-state index in [4.69, 9.17) is 9.47 Å². The Morgan fingerprint density at radius 1 is 1.06 bits per heavy atom. The molecule has 3 aromatic carbocycles. The third-order valence-corrected chi connectivity index (χ3v) is 3.95. The molecule has 0 aliphatic rings. The van der Waals surface area contributed by atoms with Crippen LogP contribution in [0.15, 0.2) is 77.9 Å². The van der Waals surface area contributed by atoms with Crippen LogP contribution in [0.3, 0.4) is 0 Å². The number of nitro groups is 1. The van der Waals surface area contributed by atoms with Crippen LogP contribution in [0.25, 0.3) is 0 Å². The molecule has 0 heterocycles. The SMILES string of the molecule is O=C(COc1ccccc1[N+](=O)[O-])N/N=C/c1cccc(OC(=O)c2cccc(F)c2)c1. The van der Waals surface area contributed by atoms with E-state index in [-0.39, 0.29) is 22.7 Å². The number of hydrogen-bond acceptors (Lipinski definition) is 7. The van der Waals surface area contributed by atoms with Gasteiger partial charge < -0.3 is 9.47 Å². The predicted octanol–water partition coefficient (Wildman–Crippen LogP) is 3.48. The summed E-state index contributed by atoms with van der Waals surface area (Å²) in [5.74, 6) is -1.74. The Balaban J connectivity index is 1.54. The highest BCUT2D eigenvalue weighted by atomic mass is 19.1. The molecule has 0 aliphatic carbocycles. The highest BCUT2D eigenvalue weighted by Crippen LogP contribution is 2.25. The van der Waals surface area contributed by atoms with Crippen molar-refractivity contribution in [3.8, 4) is 11.5 Å². The maximum Gasteiger partial charge on any atom is 0.343 e. The number of benzene rings is 3. The zero-order valence-electron chi connectivity index (χ0n) is 16.4. The van der Waals surface area contributed by atoms with E-state index in [1.54, 1.807) is 18.2 Å². The standard InChI is InChI=1S/C22H16FN3O6/c23-17-7-4-6-16(12-17)22(28)32-18-8-3-5-15(11-18)13-24-25-21(27)14-31-20-10-2-1-9-19(20)26(29)30/h1-13H,14H2,(H,25,27)/b24-13+. The maximum atomic E-state index is 13.2. The summed E-state index contributed by atoms with van der Waals surface area (Å²) in [5, 5.41) is 14.7. The molecule has 0 radical (unpaired) electrons. The lowest BCUT2D eigenvalue weighted by molar-refractivity contribution is -0.385. The number of hydrazone groups is 1. The number of esters is 1. The average Bonchev–Trinajstić information content (AvgIpc) is 2.78. The van der Waals surface area contributed by atoms with Gasteiger partial charge in [-0.2, -0.15) is 5.10 Å². The van der Waals surface area contributed by atoms with Crippen molar-refractivity contribution in [3.05, 3.63) is 99.9 Å². The number of nitrogens with zero attached hydrogens (tertiary/aromatic N) is 2. The maximum absolute atomic E-state index is 13.2. The summed E-state index contributed by atoms with van der Waals surface area (Å²) in [6.45, 7) is -0.479. The molecule has 0 aromatic heterocycles. The van der Waals surface area contributed by atoms with Gasteiger partial charge in [-0.15, -0.1) is 0 Å². The Morgan fingerprint density at radius 2 is 1.84 bits per heavy atom. The van der Waals surface area contributed by atoms with E-state index >= 15 is 0 Å². The molecule has 0 aliphatic heterocycles. The van der Waals surface area contributed by atoms with Crippen molar-refractivity contribution < 1.29 is 28.4 Å². The summed E-state index contributed by atoms with van der Waals surface area (Å²) >= 11 is 0. The first-order chi connectivity index (χ1) is 15.4. The molecule has 0 saturated carbocycles. The van der Waals surface area contributed by atoms with Crippen molar-refractivity contribution in [3.63, 3.8) is 0 Å². The smallest absolute Gasteiger partial charge is 0.343 e. The molecule has 3 aromatic rings. The van der Waals surface area contributed by atoms with Crippen LogP contribution in [0.1, 0.15) is 15.9 Å².